The van der Waals surface area contributed by atoms with Gasteiger partial charge in [-0.1, -0.05) is 6.92 Å². The number of amides is 1. The molecule has 1 rings (SSSR count). The molecule has 0 radical (unpaired) electrons. The number of morpholine rings is 1. The molecule has 2 N–H and O–H groups in total. The fourth-order valence-electron chi connectivity index (χ4n) is 1.78. The van der Waals surface area contributed by atoms with Crippen molar-refractivity contribution in [1.82, 2.24) is 15.5 Å². The Labute approximate surface area is 97.5 Å². The number of nitrogens with one attached hydrogen (secondary N) is 2. The molecule has 1 atom stereocenters. The second-order valence-corrected chi connectivity index (χ2v) is 4.58. The van der Waals surface area contributed by atoms with Crippen LogP contribution in [0.25, 0.3) is 0 Å². The summed E-state index contributed by atoms with van der Waals surface area (Å²) < 4.78 is 5.78. The highest BCUT2D eigenvalue weighted by Crippen LogP contribution is 2.16. The Bertz CT molecular complexity index is 225. The summed E-state index contributed by atoms with van der Waals surface area (Å²) in [6.45, 7) is 5.53. The van der Waals surface area contributed by atoms with Gasteiger partial charge in [0.2, 0.25) is 5.91 Å². The molecule has 1 amide bonds. The van der Waals surface area contributed by atoms with Crippen molar-refractivity contribution in [3.8, 4) is 0 Å². The fraction of sp³-hybridized carbons (Fsp3) is 0.909. The van der Waals surface area contributed by atoms with Crippen molar-refractivity contribution in [1.29, 1.82) is 0 Å². The van der Waals surface area contributed by atoms with E-state index in [0.717, 1.165) is 26.1 Å². The molecule has 1 fully saturated rings. The van der Waals surface area contributed by atoms with Crippen LogP contribution >= 0.6 is 0 Å². The summed E-state index contributed by atoms with van der Waals surface area (Å²) >= 11 is 0. The third-order valence-corrected chi connectivity index (χ3v) is 2.85. The van der Waals surface area contributed by atoms with Gasteiger partial charge in [0.25, 0.3) is 0 Å². The molecule has 1 saturated heterocycles. The van der Waals surface area contributed by atoms with E-state index in [1.807, 2.05) is 19.0 Å². The minimum Gasteiger partial charge on any atom is -0.371 e. The highest BCUT2D eigenvalue weighted by atomic mass is 16.5. The molecule has 0 aliphatic carbocycles. The van der Waals surface area contributed by atoms with Crippen LogP contribution in [0.3, 0.4) is 0 Å². The lowest BCUT2D eigenvalue weighted by Crippen LogP contribution is -2.56. The lowest BCUT2D eigenvalue weighted by atomic mass is 9.99. The van der Waals surface area contributed by atoms with E-state index in [4.69, 9.17) is 4.74 Å². The Kier molecular flexibility index (Phi) is 5.18. The Morgan fingerprint density at radius 1 is 1.56 bits per heavy atom. The molecule has 0 aromatic rings. The van der Waals surface area contributed by atoms with Gasteiger partial charge >= 0.3 is 0 Å². The second kappa shape index (κ2) is 6.18. The lowest BCUT2D eigenvalue weighted by molar-refractivity contribution is -0.124. The van der Waals surface area contributed by atoms with Crippen molar-refractivity contribution in [2.75, 3.05) is 46.9 Å². The quantitative estimate of drug-likeness (QED) is 0.663. The van der Waals surface area contributed by atoms with Gasteiger partial charge in [-0.2, -0.15) is 0 Å². The molecule has 5 heteroatoms. The summed E-state index contributed by atoms with van der Waals surface area (Å²) in [5.41, 5.74) is -0.222. The number of ether oxygens (including phenoxy) is 1. The maximum atomic E-state index is 11.5. The summed E-state index contributed by atoms with van der Waals surface area (Å²) in [7, 11) is 3.77. The first-order valence-corrected chi connectivity index (χ1v) is 5.84. The average Bonchev–Trinajstić information content (AvgIpc) is 2.27. The first-order valence-electron chi connectivity index (χ1n) is 5.84. The van der Waals surface area contributed by atoms with Gasteiger partial charge in [-0.25, -0.2) is 0 Å². The van der Waals surface area contributed by atoms with Crippen LogP contribution in [0, 0.1) is 0 Å². The Morgan fingerprint density at radius 2 is 2.31 bits per heavy atom. The fourth-order valence-corrected chi connectivity index (χ4v) is 1.78. The van der Waals surface area contributed by atoms with E-state index in [1.165, 1.54) is 0 Å². The minimum absolute atomic E-state index is 0.0481. The van der Waals surface area contributed by atoms with Gasteiger partial charge in [-0.05, 0) is 20.5 Å². The van der Waals surface area contributed by atoms with E-state index in [0.29, 0.717) is 13.1 Å². The average molecular weight is 229 g/mol. The van der Waals surface area contributed by atoms with Gasteiger partial charge in [0, 0.05) is 19.6 Å². The van der Waals surface area contributed by atoms with E-state index in [9.17, 15) is 4.79 Å². The molecule has 0 saturated carbocycles. The third-order valence-electron chi connectivity index (χ3n) is 2.85. The molecule has 1 aliphatic heterocycles. The highest BCUT2D eigenvalue weighted by Gasteiger charge is 2.31. The first-order chi connectivity index (χ1) is 7.58. The van der Waals surface area contributed by atoms with Crippen molar-refractivity contribution in [3.05, 3.63) is 0 Å². The van der Waals surface area contributed by atoms with Gasteiger partial charge in [0.1, 0.15) is 0 Å². The normalized spacial score (nSPS) is 25.8. The number of nitrogens with zero attached hydrogens (tertiary/aromatic N) is 1. The summed E-state index contributed by atoms with van der Waals surface area (Å²) in [6, 6.07) is 0. The van der Waals surface area contributed by atoms with Crippen molar-refractivity contribution in [3.63, 3.8) is 0 Å². The molecule has 0 aromatic heterocycles. The highest BCUT2D eigenvalue weighted by molar-refractivity contribution is 5.78. The molecular weight excluding hydrogens is 206 g/mol. The van der Waals surface area contributed by atoms with E-state index < -0.39 is 0 Å². The third kappa shape index (κ3) is 4.08. The molecular formula is C11H23N3O2. The SMILES string of the molecule is CCC1(CNC(=O)CN(C)C)CNCCO1. The van der Waals surface area contributed by atoms with Crippen LogP contribution in [0.4, 0.5) is 0 Å². The number of likely N-dealkylation sites (N-methyl/N-ethyl adjacent to an activating group) is 1. The molecule has 0 bridgehead atoms. The standard InChI is InChI=1S/C11H23N3O2/c1-4-11(8-12-5-6-16-11)9-13-10(15)7-14(2)3/h12H,4-9H2,1-3H3,(H,13,15). The molecule has 94 valence electrons. The van der Waals surface area contributed by atoms with E-state index in [1.54, 1.807) is 0 Å². The van der Waals surface area contributed by atoms with Crippen LogP contribution in [0.5, 0.6) is 0 Å². The van der Waals surface area contributed by atoms with Gasteiger partial charge in [0.15, 0.2) is 0 Å². The van der Waals surface area contributed by atoms with Crippen molar-refractivity contribution < 1.29 is 9.53 Å². The number of hydrogen-bond donors (Lipinski definition) is 2. The summed E-state index contributed by atoms with van der Waals surface area (Å²) in [4.78, 5) is 13.4. The van der Waals surface area contributed by atoms with Crippen molar-refractivity contribution in [2.24, 2.45) is 0 Å². The van der Waals surface area contributed by atoms with Crippen LogP contribution in [-0.4, -0.2) is 63.3 Å². The molecule has 1 heterocycles. The zero-order valence-corrected chi connectivity index (χ0v) is 10.5. The summed E-state index contributed by atoms with van der Waals surface area (Å²) in [6.07, 6.45) is 0.905. The Hall–Kier alpha value is -0.650. The number of hydrogen-bond acceptors (Lipinski definition) is 4. The van der Waals surface area contributed by atoms with Gasteiger partial charge < -0.3 is 20.3 Å². The zero-order chi connectivity index (χ0) is 12.0. The van der Waals surface area contributed by atoms with Crippen LogP contribution < -0.4 is 10.6 Å². The molecule has 1 unspecified atom stereocenters. The largest absolute Gasteiger partial charge is 0.371 e. The van der Waals surface area contributed by atoms with Crippen LogP contribution in [0.15, 0.2) is 0 Å². The predicted octanol–water partition coefficient (Wildman–Crippen LogP) is -0.567. The van der Waals surface area contributed by atoms with E-state index in [-0.39, 0.29) is 11.5 Å². The van der Waals surface area contributed by atoms with Crippen molar-refractivity contribution >= 4 is 5.91 Å². The maximum Gasteiger partial charge on any atom is 0.234 e. The molecule has 16 heavy (non-hydrogen) atoms. The monoisotopic (exact) mass is 229 g/mol. The van der Waals surface area contributed by atoms with Crippen molar-refractivity contribution in [2.45, 2.75) is 18.9 Å². The summed E-state index contributed by atoms with van der Waals surface area (Å²) in [5, 5.41) is 6.23. The number of carbonyl (C=O) groups excluding carboxylic acids is 1. The summed E-state index contributed by atoms with van der Waals surface area (Å²) in [5.74, 6) is 0.0481. The van der Waals surface area contributed by atoms with Gasteiger partial charge in [0.05, 0.1) is 18.8 Å². The lowest BCUT2D eigenvalue weighted by Gasteiger charge is -2.37. The Morgan fingerprint density at radius 3 is 2.81 bits per heavy atom. The van der Waals surface area contributed by atoms with E-state index in [2.05, 4.69) is 17.6 Å². The molecule has 0 spiro atoms. The topological polar surface area (TPSA) is 53.6 Å². The van der Waals surface area contributed by atoms with Gasteiger partial charge in [-0.3, -0.25) is 4.79 Å². The van der Waals surface area contributed by atoms with Crippen LogP contribution in [-0.2, 0) is 9.53 Å². The maximum absolute atomic E-state index is 11.5. The minimum atomic E-state index is -0.222. The molecule has 0 aromatic carbocycles. The van der Waals surface area contributed by atoms with E-state index >= 15 is 0 Å². The number of rotatable bonds is 5. The zero-order valence-electron chi connectivity index (χ0n) is 10.5. The number of carbonyl (C=O) groups is 1. The first kappa shape index (κ1) is 13.4. The Balaban J connectivity index is 2.35. The van der Waals surface area contributed by atoms with Gasteiger partial charge in [-0.15, -0.1) is 0 Å². The second-order valence-electron chi connectivity index (χ2n) is 4.58. The smallest absolute Gasteiger partial charge is 0.234 e. The predicted molar refractivity (Wildman–Crippen MR) is 63.4 cm³/mol. The van der Waals surface area contributed by atoms with Crippen LogP contribution in [0.2, 0.25) is 0 Å². The molecule has 1 aliphatic rings. The van der Waals surface area contributed by atoms with Crippen LogP contribution in [0.1, 0.15) is 13.3 Å². The molecule has 5 nitrogen and oxygen atoms in total.